The fourth-order valence-electron chi connectivity index (χ4n) is 2.86. The number of hydrogen-bond acceptors (Lipinski definition) is 0. The van der Waals surface area contributed by atoms with E-state index in [2.05, 4.69) is 51.1 Å². The predicted octanol–water partition coefficient (Wildman–Crippen LogP) is 4.18. The van der Waals surface area contributed by atoms with Gasteiger partial charge in [0.25, 0.3) is 0 Å². The zero-order chi connectivity index (χ0) is 11.3. The minimum Gasteiger partial charge on any atom is -0.0590 e. The Bertz CT molecular complexity index is 577. The Morgan fingerprint density at radius 1 is 0.812 bits per heavy atom. The highest BCUT2D eigenvalue weighted by Crippen LogP contribution is 2.39. The van der Waals surface area contributed by atoms with E-state index in [4.69, 9.17) is 0 Å². The van der Waals surface area contributed by atoms with Gasteiger partial charge in [0.1, 0.15) is 0 Å². The summed E-state index contributed by atoms with van der Waals surface area (Å²) in [5, 5.41) is 0. The van der Waals surface area contributed by atoms with Crippen LogP contribution in [0.25, 0.3) is 11.1 Å². The van der Waals surface area contributed by atoms with Crippen LogP contribution in [0.2, 0.25) is 0 Å². The van der Waals surface area contributed by atoms with E-state index in [0.717, 1.165) is 6.42 Å². The van der Waals surface area contributed by atoms with E-state index < -0.39 is 0 Å². The minimum absolute atomic E-state index is 1.10. The topological polar surface area (TPSA) is 0 Å². The maximum atomic E-state index is 2.33. The van der Waals surface area contributed by atoms with Gasteiger partial charge in [-0.05, 0) is 55.0 Å². The van der Waals surface area contributed by atoms with Crippen LogP contribution in [0, 0.1) is 20.8 Å². The Labute approximate surface area is 96.9 Å². The summed E-state index contributed by atoms with van der Waals surface area (Å²) in [4.78, 5) is 0. The fraction of sp³-hybridized carbons (Fsp3) is 0.250. The molecule has 0 N–H and O–H groups in total. The van der Waals surface area contributed by atoms with Crippen LogP contribution < -0.4 is 0 Å². The van der Waals surface area contributed by atoms with Crippen molar-refractivity contribution < 1.29 is 0 Å². The standard InChI is InChI=1S/C16H16/c1-10-4-5-13-9-14-7-11(2)6-12(3)16(14)15(13)8-10/h4-8H,9H2,1-3H3. The molecule has 0 aliphatic heterocycles. The van der Waals surface area contributed by atoms with E-state index in [0.29, 0.717) is 0 Å². The van der Waals surface area contributed by atoms with Gasteiger partial charge in [-0.15, -0.1) is 0 Å². The molecule has 0 atom stereocenters. The predicted molar refractivity (Wildman–Crippen MR) is 68.9 cm³/mol. The van der Waals surface area contributed by atoms with Crippen molar-refractivity contribution in [2.24, 2.45) is 0 Å². The van der Waals surface area contributed by atoms with E-state index in [1.54, 1.807) is 0 Å². The highest BCUT2D eigenvalue weighted by Gasteiger charge is 2.20. The summed E-state index contributed by atoms with van der Waals surface area (Å²) < 4.78 is 0. The van der Waals surface area contributed by atoms with Crippen LogP contribution in [0.3, 0.4) is 0 Å². The molecule has 0 fully saturated rings. The average molecular weight is 208 g/mol. The lowest BCUT2D eigenvalue weighted by Crippen LogP contribution is -1.86. The van der Waals surface area contributed by atoms with E-state index in [1.807, 2.05) is 0 Å². The molecule has 16 heavy (non-hydrogen) atoms. The van der Waals surface area contributed by atoms with Crippen LogP contribution in [0.15, 0.2) is 30.3 Å². The first-order valence-corrected chi connectivity index (χ1v) is 5.85. The number of rotatable bonds is 0. The van der Waals surface area contributed by atoms with Crippen molar-refractivity contribution in [2.45, 2.75) is 27.2 Å². The second-order valence-electron chi connectivity index (χ2n) is 4.95. The van der Waals surface area contributed by atoms with Crippen molar-refractivity contribution in [2.75, 3.05) is 0 Å². The lowest BCUT2D eigenvalue weighted by atomic mass is 9.97. The normalized spacial score (nSPS) is 12.4. The highest BCUT2D eigenvalue weighted by molar-refractivity contribution is 5.80. The van der Waals surface area contributed by atoms with Crippen LogP contribution in [0.4, 0.5) is 0 Å². The van der Waals surface area contributed by atoms with Crippen LogP contribution in [0.1, 0.15) is 27.8 Å². The molecule has 2 aromatic rings. The van der Waals surface area contributed by atoms with Crippen molar-refractivity contribution in [1.82, 2.24) is 0 Å². The van der Waals surface area contributed by atoms with E-state index in [1.165, 1.54) is 38.9 Å². The molecule has 0 saturated heterocycles. The van der Waals surface area contributed by atoms with Crippen molar-refractivity contribution in [3.63, 3.8) is 0 Å². The van der Waals surface area contributed by atoms with Crippen LogP contribution in [0.5, 0.6) is 0 Å². The molecular formula is C16H16. The monoisotopic (exact) mass is 208 g/mol. The maximum absolute atomic E-state index is 2.33. The Kier molecular flexibility index (Phi) is 1.94. The highest BCUT2D eigenvalue weighted by atomic mass is 14.2. The molecule has 1 aliphatic carbocycles. The molecule has 0 aromatic heterocycles. The first-order valence-electron chi connectivity index (χ1n) is 5.85. The lowest BCUT2D eigenvalue weighted by Gasteiger charge is -2.07. The second kappa shape index (κ2) is 3.21. The van der Waals surface area contributed by atoms with Gasteiger partial charge in [-0.1, -0.05) is 41.5 Å². The summed E-state index contributed by atoms with van der Waals surface area (Å²) in [6.45, 7) is 6.58. The molecule has 0 amide bonds. The van der Waals surface area contributed by atoms with Crippen molar-refractivity contribution in [3.8, 4) is 11.1 Å². The minimum atomic E-state index is 1.10. The molecule has 80 valence electrons. The third-order valence-corrected chi connectivity index (χ3v) is 3.48. The van der Waals surface area contributed by atoms with Gasteiger partial charge in [-0.2, -0.15) is 0 Å². The first kappa shape index (κ1) is 9.65. The summed E-state index contributed by atoms with van der Waals surface area (Å²) in [7, 11) is 0. The summed E-state index contributed by atoms with van der Waals surface area (Å²) in [5.41, 5.74) is 10.1. The zero-order valence-corrected chi connectivity index (χ0v) is 10.1. The number of benzene rings is 2. The number of hydrogen-bond donors (Lipinski definition) is 0. The Balaban J connectivity index is 2.32. The van der Waals surface area contributed by atoms with Crippen LogP contribution in [-0.4, -0.2) is 0 Å². The maximum Gasteiger partial charge on any atom is -0.00132 e. The van der Waals surface area contributed by atoms with E-state index in [9.17, 15) is 0 Å². The van der Waals surface area contributed by atoms with Crippen molar-refractivity contribution in [1.29, 1.82) is 0 Å². The van der Waals surface area contributed by atoms with Gasteiger partial charge in [0, 0.05) is 0 Å². The third-order valence-electron chi connectivity index (χ3n) is 3.48. The Morgan fingerprint density at radius 2 is 1.62 bits per heavy atom. The van der Waals surface area contributed by atoms with Crippen molar-refractivity contribution in [3.05, 3.63) is 58.1 Å². The van der Waals surface area contributed by atoms with Crippen LogP contribution in [-0.2, 0) is 6.42 Å². The third kappa shape index (κ3) is 1.30. The molecule has 0 bridgehead atoms. The van der Waals surface area contributed by atoms with Gasteiger partial charge in [0.15, 0.2) is 0 Å². The Hall–Kier alpha value is -1.56. The molecule has 0 unspecified atom stereocenters. The van der Waals surface area contributed by atoms with Gasteiger partial charge < -0.3 is 0 Å². The van der Waals surface area contributed by atoms with E-state index >= 15 is 0 Å². The summed E-state index contributed by atoms with van der Waals surface area (Å²) in [6, 6.07) is 11.4. The van der Waals surface area contributed by atoms with Crippen molar-refractivity contribution >= 4 is 0 Å². The van der Waals surface area contributed by atoms with Crippen LogP contribution >= 0.6 is 0 Å². The quantitative estimate of drug-likeness (QED) is 0.520. The summed E-state index contributed by atoms with van der Waals surface area (Å²) in [6.07, 6.45) is 1.10. The second-order valence-corrected chi connectivity index (χ2v) is 4.95. The molecule has 0 heterocycles. The molecule has 0 spiro atoms. The summed E-state index contributed by atoms with van der Waals surface area (Å²) in [5.74, 6) is 0. The molecular weight excluding hydrogens is 192 g/mol. The lowest BCUT2D eigenvalue weighted by molar-refractivity contribution is 1.23. The smallest absolute Gasteiger partial charge is 0.00132 e. The van der Waals surface area contributed by atoms with Gasteiger partial charge in [0.05, 0.1) is 0 Å². The zero-order valence-electron chi connectivity index (χ0n) is 10.1. The fourth-order valence-corrected chi connectivity index (χ4v) is 2.86. The molecule has 3 rings (SSSR count). The first-order chi connectivity index (χ1) is 7.65. The Morgan fingerprint density at radius 3 is 2.44 bits per heavy atom. The van der Waals surface area contributed by atoms with Gasteiger partial charge in [0.2, 0.25) is 0 Å². The molecule has 0 radical (unpaired) electrons. The van der Waals surface area contributed by atoms with Gasteiger partial charge >= 0.3 is 0 Å². The number of fused-ring (bicyclic) bond motifs is 3. The van der Waals surface area contributed by atoms with Gasteiger partial charge in [-0.3, -0.25) is 0 Å². The SMILES string of the molecule is Cc1cc(C)c2c(c1)Cc1ccc(C)cc1-2. The molecule has 0 saturated carbocycles. The molecule has 0 heteroatoms. The molecule has 0 nitrogen and oxygen atoms in total. The summed E-state index contributed by atoms with van der Waals surface area (Å²) >= 11 is 0. The van der Waals surface area contributed by atoms with Gasteiger partial charge in [-0.25, -0.2) is 0 Å². The van der Waals surface area contributed by atoms with E-state index in [-0.39, 0.29) is 0 Å². The largest absolute Gasteiger partial charge is 0.0590 e. The molecule has 2 aromatic carbocycles. The average Bonchev–Trinajstić information content (AvgIpc) is 2.54. The number of aryl methyl sites for hydroxylation is 3. The molecule has 1 aliphatic rings.